The van der Waals surface area contributed by atoms with Crippen LogP contribution < -0.4 is 21.5 Å². The Bertz CT molecular complexity index is 1040. The molecule has 0 unspecified atom stereocenters. The fraction of sp³-hybridized carbons (Fsp3) is 0.250. The van der Waals surface area contributed by atoms with Gasteiger partial charge in [0.05, 0.1) is 18.9 Å². The van der Waals surface area contributed by atoms with E-state index in [0.717, 1.165) is 5.56 Å². The number of aromatic nitrogens is 4. The first kappa shape index (κ1) is 16.1. The highest BCUT2D eigenvalue weighted by Crippen LogP contribution is 2.25. The maximum absolute atomic E-state index is 12.4. The molecule has 1 aliphatic rings. The largest absolute Gasteiger partial charge is 0.386 e. The lowest BCUT2D eigenvalue weighted by Crippen LogP contribution is -2.31. The Labute approximate surface area is 147 Å². The van der Waals surface area contributed by atoms with Gasteiger partial charge in [0.25, 0.3) is 5.56 Å². The van der Waals surface area contributed by atoms with E-state index < -0.39 is 0 Å². The van der Waals surface area contributed by atoms with E-state index in [0.29, 0.717) is 48.1 Å². The second kappa shape index (κ2) is 6.48. The number of nitrogens with zero attached hydrogens (tertiary/aromatic N) is 3. The van der Waals surface area contributed by atoms with Gasteiger partial charge in [-0.15, -0.1) is 0 Å². The van der Waals surface area contributed by atoms with Crippen LogP contribution in [0, 0.1) is 0 Å². The number of ether oxygens (including phenoxy) is 1. The molecule has 3 aromatic heterocycles. The van der Waals surface area contributed by atoms with Crippen LogP contribution in [0.3, 0.4) is 0 Å². The van der Waals surface area contributed by atoms with Gasteiger partial charge < -0.3 is 25.7 Å². The topological polar surface area (TPSA) is 126 Å². The van der Waals surface area contributed by atoms with E-state index in [1.807, 2.05) is 0 Å². The number of rotatable bonds is 1. The van der Waals surface area contributed by atoms with E-state index in [1.54, 1.807) is 25.4 Å². The van der Waals surface area contributed by atoms with Crippen LogP contribution in [0.1, 0.15) is 5.56 Å². The lowest BCUT2D eigenvalue weighted by Gasteiger charge is -2.12. The number of fused-ring (bicyclic) bond motifs is 3. The normalized spacial score (nSPS) is 14.6. The predicted octanol–water partition coefficient (Wildman–Crippen LogP) is 0.993. The number of H-pyrrole nitrogens is 1. The van der Waals surface area contributed by atoms with E-state index >= 15 is 0 Å². The number of aromatic amines is 1. The molecule has 10 nitrogen and oxygen atoms in total. The molecule has 0 spiro atoms. The second-order valence-electron chi connectivity index (χ2n) is 5.75. The first-order valence-corrected chi connectivity index (χ1v) is 8.06. The Morgan fingerprint density at radius 1 is 1.31 bits per heavy atom. The van der Waals surface area contributed by atoms with Crippen LogP contribution in [0.15, 0.2) is 29.5 Å². The molecule has 4 rings (SSSR count). The molecule has 10 heteroatoms. The van der Waals surface area contributed by atoms with Crippen molar-refractivity contribution < 1.29 is 9.53 Å². The Balaban J connectivity index is 1.88. The van der Waals surface area contributed by atoms with Gasteiger partial charge in [-0.2, -0.15) is 0 Å². The van der Waals surface area contributed by atoms with Gasteiger partial charge in [0.1, 0.15) is 23.3 Å². The van der Waals surface area contributed by atoms with Crippen molar-refractivity contribution in [3.05, 3.63) is 40.6 Å². The quantitative estimate of drug-likeness (QED) is 0.513. The van der Waals surface area contributed by atoms with Crippen LogP contribution in [0.25, 0.3) is 11.2 Å². The minimum Gasteiger partial charge on any atom is -0.386 e. The van der Waals surface area contributed by atoms with E-state index in [4.69, 9.17) is 4.74 Å². The van der Waals surface area contributed by atoms with Crippen LogP contribution in [-0.4, -0.2) is 45.7 Å². The molecule has 0 saturated heterocycles. The predicted molar refractivity (Wildman–Crippen MR) is 95.9 cm³/mol. The third kappa shape index (κ3) is 2.86. The van der Waals surface area contributed by atoms with Crippen molar-refractivity contribution in [3.8, 4) is 0 Å². The molecule has 4 bridgehead atoms. The lowest BCUT2D eigenvalue weighted by atomic mass is 10.2. The molecular weight excluding hydrogens is 338 g/mol. The van der Waals surface area contributed by atoms with E-state index in [2.05, 4.69) is 30.9 Å². The lowest BCUT2D eigenvalue weighted by molar-refractivity contribution is 0.123. The number of pyridine rings is 2. The third-order valence-corrected chi connectivity index (χ3v) is 4.01. The summed E-state index contributed by atoms with van der Waals surface area (Å²) in [4.78, 5) is 35.9. The molecule has 1 aliphatic heterocycles. The molecule has 1 amide bonds. The zero-order valence-electron chi connectivity index (χ0n) is 14.0. The molecule has 26 heavy (non-hydrogen) atoms. The van der Waals surface area contributed by atoms with Crippen LogP contribution in [0.5, 0.6) is 0 Å². The summed E-state index contributed by atoms with van der Waals surface area (Å²) in [6.45, 7) is 0.984. The molecule has 0 atom stereocenters. The summed E-state index contributed by atoms with van der Waals surface area (Å²) < 4.78 is 6.86. The van der Waals surface area contributed by atoms with Crippen molar-refractivity contribution >= 4 is 34.4 Å². The third-order valence-electron chi connectivity index (χ3n) is 4.01. The maximum Gasteiger partial charge on any atom is 0.328 e. The zero-order chi connectivity index (χ0) is 18.1. The highest BCUT2D eigenvalue weighted by Gasteiger charge is 2.16. The Kier molecular flexibility index (Phi) is 4.01. The molecular formula is C16H17N7O3. The van der Waals surface area contributed by atoms with E-state index in [-0.39, 0.29) is 11.6 Å². The Morgan fingerprint density at radius 3 is 3.04 bits per heavy atom. The van der Waals surface area contributed by atoms with Gasteiger partial charge in [-0.25, -0.2) is 19.3 Å². The van der Waals surface area contributed by atoms with Crippen LogP contribution in [-0.2, 0) is 11.3 Å². The maximum atomic E-state index is 12.4. The summed E-state index contributed by atoms with van der Waals surface area (Å²) in [7, 11) is 1.75. The van der Waals surface area contributed by atoms with Gasteiger partial charge in [0.2, 0.25) is 0 Å². The Morgan fingerprint density at radius 2 is 2.19 bits per heavy atom. The molecule has 0 radical (unpaired) electrons. The van der Waals surface area contributed by atoms with Crippen LogP contribution in [0.4, 0.5) is 22.0 Å². The molecule has 134 valence electrons. The molecule has 0 aromatic carbocycles. The van der Waals surface area contributed by atoms with E-state index in [1.165, 1.54) is 10.9 Å². The highest BCUT2D eigenvalue weighted by atomic mass is 16.5. The van der Waals surface area contributed by atoms with Gasteiger partial charge in [-0.05, 0) is 11.6 Å². The summed E-state index contributed by atoms with van der Waals surface area (Å²) in [5.74, 6) is 0.414. The molecule has 4 heterocycles. The summed E-state index contributed by atoms with van der Waals surface area (Å²) in [6.07, 6.45) is 3.01. The number of carbonyl (C=O) groups excluding carboxylic acids is 1. The van der Waals surface area contributed by atoms with Gasteiger partial charge in [0.15, 0.2) is 5.65 Å². The SMILES string of the molecule is CNc1cc2nc3c1ncn3C(=O)NCCOCc1c[nH]c(=O)c(c1)N2. The van der Waals surface area contributed by atoms with Crippen molar-refractivity contribution in [1.82, 2.24) is 24.8 Å². The number of imidazole rings is 1. The first-order valence-electron chi connectivity index (χ1n) is 8.06. The van der Waals surface area contributed by atoms with Crippen molar-refractivity contribution in [3.63, 3.8) is 0 Å². The fourth-order valence-corrected chi connectivity index (χ4v) is 2.74. The summed E-state index contributed by atoms with van der Waals surface area (Å²) in [6, 6.07) is 3.09. The van der Waals surface area contributed by atoms with Crippen molar-refractivity contribution in [2.75, 3.05) is 30.8 Å². The second-order valence-corrected chi connectivity index (χ2v) is 5.75. The molecule has 3 aromatic rings. The summed E-state index contributed by atoms with van der Waals surface area (Å²) >= 11 is 0. The monoisotopic (exact) mass is 355 g/mol. The minimum atomic E-state index is -0.351. The number of amides is 1. The number of hydrogen-bond donors (Lipinski definition) is 4. The van der Waals surface area contributed by atoms with Crippen molar-refractivity contribution in [2.24, 2.45) is 0 Å². The number of anilines is 3. The average Bonchev–Trinajstić information content (AvgIpc) is 3.06. The van der Waals surface area contributed by atoms with Gasteiger partial charge in [-0.3, -0.25) is 4.79 Å². The fourth-order valence-electron chi connectivity index (χ4n) is 2.74. The van der Waals surface area contributed by atoms with Crippen LogP contribution >= 0.6 is 0 Å². The minimum absolute atomic E-state index is 0.278. The van der Waals surface area contributed by atoms with Crippen molar-refractivity contribution in [1.29, 1.82) is 0 Å². The first-order chi connectivity index (χ1) is 12.7. The molecule has 0 aliphatic carbocycles. The van der Waals surface area contributed by atoms with Crippen LogP contribution in [0.2, 0.25) is 0 Å². The number of carbonyl (C=O) groups is 1. The molecule has 0 saturated carbocycles. The van der Waals surface area contributed by atoms with E-state index in [9.17, 15) is 9.59 Å². The zero-order valence-corrected chi connectivity index (χ0v) is 14.0. The van der Waals surface area contributed by atoms with Crippen molar-refractivity contribution in [2.45, 2.75) is 6.61 Å². The summed E-state index contributed by atoms with van der Waals surface area (Å²) in [5, 5.41) is 8.81. The van der Waals surface area contributed by atoms with Gasteiger partial charge >= 0.3 is 6.03 Å². The highest BCUT2D eigenvalue weighted by molar-refractivity contribution is 5.94. The molecule has 0 fully saturated rings. The van der Waals surface area contributed by atoms with Gasteiger partial charge in [-0.1, -0.05) is 0 Å². The molecule has 4 N–H and O–H groups in total. The van der Waals surface area contributed by atoms with Gasteiger partial charge in [0, 0.05) is 25.9 Å². The Hall–Kier alpha value is -3.40. The number of nitrogens with one attached hydrogen (secondary N) is 4. The average molecular weight is 355 g/mol. The standard InChI is InChI=1S/C16H17N7O3/c1-17-10-5-12-21-11-4-9(6-19-15(11)24)7-26-3-2-18-16(25)23-8-20-13(10)14(23)22-12/h4-6,8H,2-3,7H2,1H3,(H,18,25)(H,19,24)(H2,17,21,22). The summed E-state index contributed by atoms with van der Waals surface area (Å²) in [5.41, 5.74) is 2.48. The smallest absolute Gasteiger partial charge is 0.328 e. The number of hydrogen-bond acceptors (Lipinski definition) is 7.